The van der Waals surface area contributed by atoms with Crippen molar-refractivity contribution < 1.29 is 0 Å². The quantitative estimate of drug-likeness (QED) is 0.162. The lowest BCUT2D eigenvalue weighted by atomic mass is 9.67. The first kappa shape index (κ1) is 35.7. The van der Waals surface area contributed by atoms with E-state index in [4.69, 9.17) is 0 Å². The van der Waals surface area contributed by atoms with Crippen LogP contribution in [0.3, 0.4) is 0 Å². The van der Waals surface area contributed by atoms with Crippen molar-refractivity contribution in [1.29, 1.82) is 0 Å². The molecule has 10 aromatic rings. The lowest BCUT2D eigenvalue weighted by Crippen LogP contribution is -2.28. The van der Waals surface area contributed by atoms with E-state index in [1.54, 1.807) is 0 Å². The van der Waals surface area contributed by atoms with Gasteiger partial charge in [-0.05, 0) is 114 Å². The smallest absolute Gasteiger partial charge is 0.0725 e. The normalized spacial score (nSPS) is 14.0. The van der Waals surface area contributed by atoms with Crippen LogP contribution in [0, 0.1) is 0 Å². The van der Waals surface area contributed by atoms with Crippen molar-refractivity contribution in [3.05, 3.63) is 293 Å². The highest BCUT2D eigenvalue weighted by Gasteiger charge is 2.52. The second kappa shape index (κ2) is 13.8. The number of hydrogen-bond donors (Lipinski definition) is 0. The Bertz CT molecular complexity index is 3320. The minimum Gasteiger partial charge on any atom is -0.310 e. The zero-order valence-electron chi connectivity index (χ0n) is 34.6. The van der Waals surface area contributed by atoms with E-state index in [2.05, 4.69) is 254 Å². The summed E-state index contributed by atoms with van der Waals surface area (Å²) in [5.74, 6) is 0. The molecule has 0 saturated carbocycles. The van der Waals surface area contributed by atoms with Gasteiger partial charge in [-0.25, -0.2) is 0 Å². The van der Waals surface area contributed by atoms with Crippen molar-refractivity contribution in [1.82, 2.24) is 0 Å². The van der Waals surface area contributed by atoms with Crippen LogP contribution in [0.4, 0.5) is 17.1 Å². The fraction of sp³-hybridized carbons (Fsp3) is 0.0323. The molecule has 13 rings (SSSR count). The van der Waals surface area contributed by atoms with Crippen LogP contribution in [-0.4, -0.2) is 0 Å². The summed E-state index contributed by atoms with van der Waals surface area (Å²) in [6, 6.07) is 92.7. The van der Waals surface area contributed by atoms with E-state index < -0.39 is 10.8 Å². The average Bonchev–Trinajstić information content (AvgIpc) is 3.95. The van der Waals surface area contributed by atoms with Gasteiger partial charge in [0.05, 0.1) is 16.5 Å². The first-order valence-electron chi connectivity index (χ1n) is 22.0. The minimum atomic E-state index is -0.526. The molecule has 0 heterocycles. The van der Waals surface area contributed by atoms with E-state index in [1.165, 1.54) is 89.0 Å². The fourth-order valence-electron chi connectivity index (χ4n) is 11.8. The van der Waals surface area contributed by atoms with Gasteiger partial charge in [0.2, 0.25) is 0 Å². The third-order valence-electron chi connectivity index (χ3n) is 14.2. The highest BCUT2D eigenvalue weighted by Crippen LogP contribution is 2.64. The molecule has 1 heteroatoms. The molecule has 0 amide bonds. The SMILES string of the molecule is c1ccc(-c2ccccc2N(c2ccc3c(c2)-c2ccccc2C32c3ccccc3-c3ccccc32)c2ccc3c(c2)C(c2ccccc2)(c2ccccc2)c2ccccc2-3)cc1. The molecule has 1 nitrogen and oxygen atoms in total. The van der Waals surface area contributed by atoms with Gasteiger partial charge in [-0.3, -0.25) is 0 Å². The van der Waals surface area contributed by atoms with E-state index in [1.807, 2.05) is 0 Å². The Labute approximate surface area is 368 Å². The van der Waals surface area contributed by atoms with Crippen molar-refractivity contribution >= 4 is 17.1 Å². The Hall–Kier alpha value is -8.00. The van der Waals surface area contributed by atoms with Gasteiger partial charge in [-0.2, -0.15) is 0 Å². The summed E-state index contributed by atoms with van der Waals surface area (Å²) in [6.07, 6.45) is 0. The summed E-state index contributed by atoms with van der Waals surface area (Å²) in [4.78, 5) is 2.51. The maximum atomic E-state index is 2.51. The average molecular weight is 800 g/mol. The fourth-order valence-corrected chi connectivity index (χ4v) is 11.8. The number of hydrogen-bond acceptors (Lipinski definition) is 1. The summed E-state index contributed by atoms with van der Waals surface area (Å²) >= 11 is 0. The van der Waals surface area contributed by atoms with Crippen molar-refractivity contribution in [3.8, 4) is 44.5 Å². The summed E-state index contributed by atoms with van der Waals surface area (Å²) in [7, 11) is 0. The van der Waals surface area contributed by atoms with E-state index >= 15 is 0 Å². The number of rotatable bonds is 6. The summed E-state index contributed by atoms with van der Waals surface area (Å²) in [5, 5.41) is 0. The molecule has 3 aliphatic rings. The summed E-state index contributed by atoms with van der Waals surface area (Å²) < 4.78 is 0. The molecule has 3 aliphatic carbocycles. The van der Waals surface area contributed by atoms with Crippen LogP contribution in [0.15, 0.2) is 249 Å². The van der Waals surface area contributed by atoms with Crippen LogP contribution in [0.2, 0.25) is 0 Å². The molecule has 0 unspecified atom stereocenters. The van der Waals surface area contributed by atoms with Gasteiger partial charge in [-0.15, -0.1) is 0 Å². The number of benzene rings is 10. The molecule has 1 spiro atoms. The van der Waals surface area contributed by atoms with Gasteiger partial charge in [-0.1, -0.05) is 218 Å². The summed E-state index contributed by atoms with van der Waals surface area (Å²) in [5.41, 5.74) is 23.0. The Kier molecular flexibility index (Phi) is 7.80. The first-order chi connectivity index (χ1) is 31.3. The molecule has 294 valence electrons. The van der Waals surface area contributed by atoms with Crippen LogP contribution in [0.1, 0.15) is 44.5 Å². The van der Waals surface area contributed by atoms with Gasteiger partial charge in [0.1, 0.15) is 0 Å². The highest BCUT2D eigenvalue weighted by molar-refractivity contribution is 5.98. The van der Waals surface area contributed by atoms with Gasteiger partial charge >= 0.3 is 0 Å². The molecule has 0 fully saturated rings. The number of para-hydroxylation sites is 1. The van der Waals surface area contributed by atoms with Crippen LogP contribution in [0.5, 0.6) is 0 Å². The molecule has 0 atom stereocenters. The van der Waals surface area contributed by atoms with Gasteiger partial charge < -0.3 is 4.90 Å². The van der Waals surface area contributed by atoms with Gasteiger partial charge in [0.15, 0.2) is 0 Å². The maximum Gasteiger partial charge on any atom is 0.0725 e. The molecule has 0 N–H and O–H groups in total. The zero-order valence-corrected chi connectivity index (χ0v) is 34.6. The second-order valence-corrected chi connectivity index (χ2v) is 17.1. The second-order valence-electron chi connectivity index (χ2n) is 17.1. The van der Waals surface area contributed by atoms with Crippen molar-refractivity contribution in [2.45, 2.75) is 10.8 Å². The summed E-state index contributed by atoms with van der Waals surface area (Å²) in [6.45, 7) is 0. The zero-order chi connectivity index (χ0) is 41.5. The third-order valence-corrected chi connectivity index (χ3v) is 14.2. The highest BCUT2D eigenvalue weighted by atomic mass is 15.1. The van der Waals surface area contributed by atoms with Crippen LogP contribution < -0.4 is 4.90 Å². The lowest BCUT2D eigenvalue weighted by Gasteiger charge is -2.35. The van der Waals surface area contributed by atoms with E-state index in [0.29, 0.717) is 0 Å². The predicted molar refractivity (Wildman–Crippen MR) is 260 cm³/mol. The van der Waals surface area contributed by atoms with Crippen molar-refractivity contribution in [2.24, 2.45) is 0 Å². The third kappa shape index (κ3) is 4.88. The molecular formula is C62H41N. The predicted octanol–water partition coefficient (Wildman–Crippen LogP) is 15.5. The number of anilines is 3. The molecule has 63 heavy (non-hydrogen) atoms. The lowest BCUT2D eigenvalue weighted by molar-refractivity contribution is 0.768. The molecule has 0 aliphatic heterocycles. The topological polar surface area (TPSA) is 3.24 Å². The Morgan fingerprint density at radius 3 is 1.17 bits per heavy atom. The Balaban J connectivity index is 1.09. The minimum absolute atomic E-state index is 0.408. The van der Waals surface area contributed by atoms with Crippen molar-refractivity contribution in [2.75, 3.05) is 4.90 Å². The van der Waals surface area contributed by atoms with E-state index in [9.17, 15) is 0 Å². The first-order valence-corrected chi connectivity index (χ1v) is 22.0. The standard InChI is InChI=1S/C62H41N/c1-4-20-42(21-5-1)47-26-14-19-35-60(47)63(46-36-38-52-50-29-10-15-31-54(50)61(59(52)41-46,43-22-6-2-7-23-43)44-24-8-3-9-25-44)45-37-39-58-53(40-45)51-30-13-18-34-57(51)62(58)55-32-16-11-27-48(55)49-28-12-17-33-56(49)62/h1-41H. The van der Waals surface area contributed by atoms with Gasteiger partial charge in [0, 0.05) is 16.9 Å². The Morgan fingerprint density at radius 1 is 0.238 bits per heavy atom. The monoisotopic (exact) mass is 799 g/mol. The molecule has 0 saturated heterocycles. The number of fused-ring (bicyclic) bond motifs is 13. The molecule has 0 aromatic heterocycles. The maximum absolute atomic E-state index is 2.51. The molecule has 0 bridgehead atoms. The Morgan fingerprint density at radius 2 is 0.619 bits per heavy atom. The van der Waals surface area contributed by atoms with Crippen LogP contribution in [-0.2, 0) is 10.8 Å². The van der Waals surface area contributed by atoms with Crippen molar-refractivity contribution in [3.63, 3.8) is 0 Å². The van der Waals surface area contributed by atoms with Gasteiger partial charge in [0.25, 0.3) is 0 Å². The van der Waals surface area contributed by atoms with E-state index in [0.717, 1.165) is 17.1 Å². The molecular weight excluding hydrogens is 759 g/mol. The largest absolute Gasteiger partial charge is 0.310 e. The molecule has 10 aromatic carbocycles. The van der Waals surface area contributed by atoms with Crippen LogP contribution >= 0.6 is 0 Å². The molecule has 0 radical (unpaired) electrons. The van der Waals surface area contributed by atoms with Crippen LogP contribution in [0.25, 0.3) is 44.5 Å². The van der Waals surface area contributed by atoms with E-state index in [-0.39, 0.29) is 0 Å². The number of nitrogens with zero attached hydrogens (tertiary/aromatic N) is 1.